The summed E-state index contributed by atoms with van der Waals surface area (Å²) in [5, 5.41) is 2.73. The highest BCUT2D eigenvalue weighted by atomic mass is 35.5. The Hall–Kier alpha value is -1.06. The average Bonchev–Trinajstić information content (AvgIpc) is 2.94. The van der Waals surface area contributed by atoms with Crippen molar-refractivity contribution < 1.29 is 9.53 Å². The van der Waals surface area contributed by atoms with E-state index in [0.717, 1.165) is 36.3 Å². The minimum Gasteiger partial charge on any atom is -0.373 e. The van der Waals surface area contributed by atoms with Gasteiger partial charge in [-0.15, -0.1) is 11.6 Å². The van der Waals surface area contributed by atoms with Crippen molar-refractivity contribution in [3.8, 4) is 0 Å². The summed E-state index contributed by atoms with van der Waals surface area (Å²) in [5.74, 6) is 0.0408. The van der Waals surface area contributed by atoms with Crippen LogP contribution in [0.25, 0.3) is 0 Å². The van der Waals surface area contributed by atoms with Gasteiger partial charge in [-0.3, -0.25) is 4.79 Å². The molecule has 2 atom stereocenters. The molecule has 0 radical (unpaired) electrons. The van der Waals surface area contributed by atoms with E-state index in [1.165, 1.54) is 0 Å². The molecule has 0 aliphatic carbocycles. The van der Waals surface area contributed by atoms with Gasteiger partial charge in [0.15, 0.2) is 0 Å². The molecule has 1 N–H and O–H groups in total. The Morgan fingerprint density at radius 3 is 2.75 bits per heavy atom. The summed E-state index contributed by atoms with van der Waals surface area (Å²) in [6, 6.07) is 5.99. The van der Waals surface area contributed by atoms with Crippen molar-refractivity contribution in [3.63, 3.8) is 0 Å². The average molecular weight is 294 g/mol. The number of anilines is 1. The van der Waals surface area contributed by atoms with Crippen molar-refractivity contribution in [2.24, 2.45) is 0 Å². The number of ether oxygens (including phenoxy) is 1. The topological polar surface area (TPSA) is 38.3 Å². The number of carbonyl (C=O) groups excluding carboxylic acids is 1. The summed E-state index contributed by atoms with van der Waals surface area (Å²) >= 11 is 6.65. The van der Waals surface area contributed by atoms with Crippen molar-refractivity contribution in [2.75, 3.05) is 11.9 Å². The van der Waals surface area contributed by atoms with E-state index in [0.29, 0.717) is 0 Å². The second-order valence-electron chi connectivity index (χ2n) is 6.51. The zero-order valence-electron chi connectivity index (χ0n) is 12.1. The zero-order chi connectivity index (χ0) is 14.5. The monoisotopic (exact) mass is 293 g/mol. The number of halogens is 1. The number of hydrogen-bond donors (Lipinski definition) is 1. The van der Waals surface area contributed by atoms with Crippen LogP contribution in [0.1, 0.15) is 50.1 Å². The molecule has 3 rings (SSSR count). The van der Waals surface area contributed by atoms with Gasteiger partial charge in [-0.25, -0.2) is 0 Å². The maximum Gasteiger partial charge on any atom is 0.234 e. The van der Waals surface area contributed by atoms with Crippen LogP contribution in [-0.2, 0) is 14.9 Å². The molecular formula is C16H20ClNO2. The first kappa shape index (κ1) is 13.9. The molecule has 2 aliphatic heterocycles. The third kappa shape index (κ3) is 1.95. The second-order valence-corrected chi connectivity index (χ2v) is 6.95. The summed E-state index contributed by atoms with van der Waals surface area (Å²) in [6.45, 7) is 6.72. The molecule has 2 aliphatic rings. The lowest BCUT2D eigenvalue weighted by Crippen LogP contribution is -2.29. The Kier molecular flexibility index (Phi) is 3.11. The Morgan fingerprint density at radius 1 is 1.35 bits per heavy atom. The fourth-order valence-electron chi connectivity index (χ4n) is 3.10. The van der Waals surface area contributed by atoms with Gasteiger partial charge in [0.05, 0.1) is 16.4 Å². The van der Waals surface area contributed by atoms with Crippen LogP contribution < -0.4 is 5.32 Å². The molecular weight excluding hydrogens is 274 g/mol. The fraction of sp³-hybridized carbons (Fsp3) is 0.562. The van der Waals surface area contributed by atoms with Crippen LogP contribution in [0.2, 0.25) is 0 Å². The highest BCUT2D eigenvalue weighted by Gasteiger charge is 2.41. The van der Waals surface area contributed by atoms with Crippen molar-refractivity contribution in [1.82, 2.24) is 0 Å². The first-order chi connectivity index (χ1) is 9.34. The van der Waals surface area contributed by atoms with E-state index < -0.39 is 5.41 Å². The predicted octanol–water partition coefficient (Wildman–Crippen LogP) is 3.77. The van der Waals surface area contributed by atoms with Crippen molar-refractivity contribution >= 4 is 23.2 Å². The van der Waals surface area contributed by atoms with Gasteiger partial charge in [-0.05, 0) is 50.8 Å². The fourth-order valence-corrected chi connectivity index (χ4v) is 3.41. The normalized spacial score (nSPS) is 29.1. The molecule has 20 heavy (non-hydrogen) atoms. The predicted molar refractivity (Wildman–Crippen MR) is 80.3 cm³/mol. The molecule has 1 fully saturated rings. The van der Waals surface area contributed by atoms with Gasteiger partial charge < -0.3 is 10.1 Å². The summed E-state index contributed by atoms with van der Waals surface area (Å²) < 4.78 is 5.83. The number of alkyl halides is 1. The summed E-state index contributed by atoms with van der Waals surface area (Å²) in [6.07, 6.45) is 2.02. The van der Waals surface area contributed by atoms with Crippen LogP contribution in [0.5, 0.6) is 0 Å². The largest absolute Gasteiger partial charge is 0.373 e. The number of amides is 1. The van der Waals surface area contributed by atoms with Crippen LogP contribution >= 0.6 is 11.6 Å². The minimum atomic E-state index is -0.501. The van der Waals surface area contributed by atoms with Crippen molar-refractivity contribution in [3.05, 3.63) is 29.3 Å². The third-order valence-electron chi connectivity index (χ3n) is 4.61. The van der Waals surface area contributed by atoms with Gasteiger partial charge in [-0.2, -0.15) is 0 Å². The maximum absolute atomic E-state index is 12.0. The van der Waals surface area contributed by atoms with E-state index in [2.05, 4.69) is 18.3 Å². The van der Waals surface area contributed by atoms with Crippen LogP contribution in [0.4, 0.5) is 5.69 Å². The Labute approximate surface area is 124 Å². The van der Waals surface area contributed by atoms with Gasteiger partial charge in [0.2, 0.25) is 5.91 Å². The Balaban J connectivity index is 1.98. The lowest BCUT2D eigenvalue weighted by molar-refractivity contribution is -0.119. The molecule has 1 saturated heterocycles. The Bertz CT molecular complexity index is 562. The molecule has 108 valence electrons. The van der Waals surface area contributed by atoms with Gasteiger partial charge in [0, 0.05) is 12.3 Å². The summed E-state index contributed by atoms with van der Waals surface area (Å²) in [5.41, 5.74) is 2.13. The molecule has 1 aromatic carbocycles. The molecule has 3 nitrogen and oxygen atoms in total. The van der Waals surface area contributed by atoms with Crippen LogP contribution in [-0.4, -0.2) is 18.1 Å². The van der Waals surface area contributed by atoms with Gasteiger partial charge >= 0.3 is 0 Å². The zero-order valence-corrected chi connectivity index (χ0v) is 12.9. The number of rotatable bonds is 2. The van der Waals surface area contributed by atoms with Gasteiger partial charge in [-0.1, -0.05) is 12.1 Å². The quantitative estimate of drug-likeness (QED) is 0.843. The molecule has 0 aromatic heterocycles. The van der Waals surface area contributed by atoms with Crippen molar-refractivity contribution in [1.29, 1.82) is 0 Å². The summed E-state index contributed by atoms with van der Waals surface area (Å²) in [4.78, 5) is 12.0. The van der Waals surface area contributed by atoms with E-state index in [1.54, 1.807) is 0 Å². The summed E-state index contributed by atoms with van der Waals surface area (Å²) in [7, 11) is 0. The van der Waals surface area contributed by atoms with E-state index in [-0.39, 0.29) is 16.9 Å². The number of benzene rings is 1. The molecule has 0 spiro atoms. The first-order valence-corrected chi connectivity index (χ1v) is 7.52. The van der Waals surface area contributed by atoms with Gasteiger partial charge in [0.25, 0.3) is 0 Å². The molecule has 4 heteroatoms. The molecule has 1 amide bonds. The molecule has 2 unspecified atom stereocenters. The lowest BCUT2D eigenvalue weighted by atomic mass is 9.83. The molecule has 1 aromatic rings. The number of hydrogen-bond acceptors (Lipinski definition) is 2. The van der Waals surface area contributed by atoms with E-state index in [4.69, 9.17) is 16.3 Å². The third-order valence-corrected chi connectivity index (χ3v) is 5.32. The lowest BCUT2D eigenvalue weighted by Gasteiger charge is -2.29. The maximum atomic E-state index is 12.0. The second kappa shape index (κ2) is 4.47. The molecule has 0 bridgehead atoms. The van der Waals surface area contributed by atoms with E-state index >= 15 is 0 Å². The van der Waals surface area contributed by atoms with E-state index in [1.807, 2.05) is 26.0 Å². The van der Waals surface area contributed by atoms with Gasteiger partial charge in [0.1, 0.15) is 0 Å². The minimum absolute atomic E-state index is 0.0408. The number of carbonyl (C=O) groups is 1. The highest BCUT2D eigenvalue weighted by molar-refractivity contribution is 6.21. The van der Waals surface area contributed by atoms with Crippen LogP contribution in [0.3, 0.4) is 0 Å². The van der Waals surface area contributed by atoms with E-state index in [9.17, 15) is 4.79 Å². The highest BCUT2D eigenvalue weighted by Crippen LogP contribution is 2.45. The first-order valence-electron chi connectivity index (χ1n) is 7.08. The van der Waals surface area contributed by atoms with Crippen LogP contribution in [0.15, 0.2) is 18.2 Å². The van der Waals surface area contributed by atoms with Crippen molar-refractivity contribution in [2.45, 2.75) is 50.0 Å². The van der Waals surface area contributed by atoms with Crippen LogP contribution in [0, 0.1) is 0 Å². The smallest absolute Gasteiger partial charge is 0.234 e. The SMILES string of the molecule is CC1(C)C(=O)Nc2ccc(C(Cl)C3(C)CCCO3)cc21. The Morgan fingerprint density at radius 2 is 2.10 bits per heavy atom. The number of fused-ring (bicyclic) bond motifs is 1. The molecule has 0 saturated carbocycles. The number of nitrogens with one attached hydrogen (secondary N) is 1. The standard InChI is InChI=1S/C16H20ClNO2/c1-15(2)11-9-10(5-6-12(11)18-14(15)19)13(17)16(3)7-4-8-20-16/h5-6,9,13H,4,7-8H2,1-3H3,(H,18,19). The molecule has 2 heterocycles.